The fourth-order valence-corrected chi connectivity index (χ4v) is 3.11. The summed E-state index contributed by atoms with van der Waals surface area (Å²) in [5.41, 5.74) is 1.79. The van der Waals surface area contributed by atoms with Gasteiger partial charge in [-0.2, -0.15) is 0 Å². The minimum Gasteiger partial charge on any atom is -0.485 e. The first-order valence-electron chi connectivity index (χ1n) is 9.51. The molecule has 0 spiro atoms. The number of carbonyl (C=O) groups excluding carboxylic acids is 3. The molecule has 0 bridgehead atoms. The summed E-state index contributed by atoms with van der Waals surface area (Å²) in [6, 6.07) is 14.9. The van der Waals surface area contributed by atoms with Crippen molar-refractivity contribution >= 4 is 23.6 Å². The van der Waals surface area contributed by atoms with Gasteiger partial charge in [0.05, 0.1) is 29.6 Å². The minimum absolute atomic E-state index is 0.0957. The summed E-state index contributed by atoms with van der Waals surface area (Å²) in [4.78, 5) is 36.4. The third-order valence-electron chi connectivity index (χ3n) is 4.35. The molecule has 0 unspecified atom stereocenters. The van der Waals surface area contributed by atoms with E-state index in [1.54, 1.807) is 31.2 Å². The van der Waals surface area contributed by atoms with Crippen LogP contribution in [-0.2, 0) is 14.3 Å². The molecule has 2 aromatic carbocycles. The highest BCUT2D eigenvalue weighted by molar-refractivity contribution is 5.95. The molecule has 30 heavy (non-hydrogen) atoms. The van der Waals surface area contributed by atoms with Gasteiger partial charge in [-0.1, -0.05) is 42.5 Å². The van der Waals surface area contributed by atoms with Gasteiger partial charge in [-0.25, -0.2) is 9.59 Å². The van der Waals surface area contributed by atoms with Gasteiger partial charge in [-0.15, -0.1) is 0 Å². The maximum atomic E-state index is 12.7. The Labute approximate surface area is 174 Å². The van der Waals surface area contributed by atoms with Crippen LogP contribution >= 0.6 is 0 Å². The number of rotatable bonds is 7. The van der Waals surface area contributed by atoms with Crippen molar-refractivity contribution in [3.63, 3.8) is 0 Å². The number of esters is 1. The topological polar surface area (TPSA) is 106 Å². The molecule has 0 aromatic heterocycles. The van der Waals surface area contributed by atoms with Crippen LogP contribution in [0.3, 0.4) is 0 Å². The van der Waals surface area contributed by atoms with Gasteiger partial charge in [-0.05, 0) is 24.6 Å². The Bertz CT molecular complexity index is 972. The standard InChI is InChI=1S/C22H23N3O5/c1-3-29-21(27)19-17(13-30-18-12-8-7-11-16(18)23-14(2)26)24-22(28)25-20(19)15-9-5-4-6-10-15/h4-12,20H,3,13H2,1-2H3,(H,23,26)(H2,24,25,28)/t20-/m0/s1. The number of para-hydroxylation sites is 2. The highest BCUT2D eigenvalue weighted by Gasteiger charge is 2.34. The van der Waals surface area contributed by atoms with Crippen LogP contribution in [0.15, 0.2) is 65.9 Å². The molecule has 156 valence electrons. The van der Waals surface area contributed by atoms with Gasteiger partial charge in [0.25, 0.3) is 0 Å². The van der Waals surface area contributed by atoms with E-state index in [1.165, 1.54) is 6.92 Å². The summed E-state index contributed by atoms with van der Waals surface area (Å²) in [5, 5.41) is 8.11. The number of amides is 3. The SMILES string of the molecule is CCOC(=O)C1=C(COc2ccccc2NC(C)=O)NC(=O)N[C@H]1c1ccccc1. The summed E-state index contributed by atoms with van der Waals surface area (Å²) in [6.45, 7) is 3.21. The molecule has 1 heterocycles. The molecule has 0 saturated carbocycles. The number of anilines is 1. The lowest BCUT2D eigenvalue weighted by Crippen LogP contribution is -2.47. The Kier molecular flexibility index (Phi) is 6.69. The van der Waals surface area contributed by atoms with E-state index in [9.17, 15) is 14.4 Å². The number of benzene rings is 2. The van der Waals surface area contributed by atoms with Gasteiger partial charge < -0.3 is 25.4 Å². The highest BCUT2D eigenvalue weighted by Crippen LogP contribution is 2.29. The zero-order valence-electron chi connectivity index (χ0n) is 16.7. The van der Waals surface area contributed by atoms with Gasteiger partial charge in [0, 0.05) is 6.92 Å². The zero-order valence-corrected chi connectivity index (χ0v) is 16.7. The van der Waals surface area contributed by atoms with Crippen molar-refractivity contribution in [3.05, 3.63) is 71.4 Å². The Hall–Kier alpha value is -3.81. The maximum Gasteiger partial charge on any atom is 0.338 e. The summed E-state index contributed by atoms with van der Waals surface area (Å²) < 4.78 is 11.1. The van der Waals surface area contributed by atoms with Crippen molar-refractivity contribution in [2.45, 2.75) is 19.9 Å². The van der Waals surface area contributed by atoms with E-state index in [1.807, 2.05) is 30.3 Å². The number of hydrogen-bond donors (Lipinski definition) is 3. The van der Waals surface area contributed by atoms with Gasteiger partial charge >= 0.3 is 12.0 Å². The van der Waals surface area contributed by atoms with Crippen LogP contribution in [0.1, 0.15) is 25.5 Å². The first-order chi connectivity index (χ1) is 14.5. The van der Waals surface area contributed by atoms with Crippen molar-refractivity contribution in [1.82, 2.24) is 10.6 Å². The molecule has 8 heteroatoms. The quantitative estimate of drug-likeness (QED) is 0.610. The van der Waals surface area contributed by atoms with Crippen molar-refractivity contribution in [2.75, 3.05) is 18.5 Å². The molecule has 8 nitrogen and oxygen atoms in total. The fraction of sp³-hybridized carbons (Fsp3) is 0.227. The summed E-state index contributed by atoms with van der Waals surface area (Å²) in [5.74, 6) is -0.378. The predicted molar refractivity (Wildman–Crippen MR) is 111 cm³/mol. The maximum absolute atomic E-state index is 12.7. The Balaban J connectivity index is 1.95. The number of ether oxygens (including phenoxy) is 2. The third-order valence-corrected chi connectivity index (χ3v) is 4.35. The van der Waals surface area contributed by atoms with Gasteiger partial charge in [0.2, 0.25) is 5.91 Å². The molecular formula is C22H23N3O5. The van der Waals surface area contributed by atoms with Crippen LogP contribution in [0.4, 0.5) is 10.5 Å². The lowest BCUT2D eigenvalue weighted by molar-refractivity contribution is -0.139. The largest absolute Gasteiger partial charge is 0.485 e. The Morgan fingerprint density at radius 1 is 1.07 bits per heavy atom. The molecule has 1 atom stereocenters. The average Bonchev–Trinajstić information content (AvgIpc) is 2.73. The van der Waals surface area contributed by atoms with Crippen molar-refractivity contribution in [1.29, 1.82) is 0 Å². The second-order valence-electron chi connectivity index (χ2n) is 6.52. The van der Waals surface area contributed by atoms with Crippen LogP contribution < -0.4 is 20.7 Å². The third kappa shape index (κ3) is 4.96. The molecule has 1 aliphatic rings. The molecule has 1 aliphatic heterocycles. The fourth-order valence-electron chi connectivity index (χ4n) is 3.11. The van der Waals surface area contributed by atoms with Crippen molar-refractivity contribution < 1.29 is 23.9 Å². The smallest absolute Gasteiger partial charge is 0.338 e. The molecule has 3 N–H and O–H groups in total. The Morgan fingerprint density at radius 3 is 2.47 bits per heavy atom. The van der Waals surface area contributed by atoms with Crippen LogP contribution in [-0.4, -0.2) is 31.1 Å². The lowest BCUT2D eigenvalue weighted by atomic mass is 9.95. The molecular weight excluding hydrogens is 386 g/mol. The van der Waals surface area contributed by atoms with E-state index in [0.29, 0.717) is 17.1 Å². The monoisotopic (exact) mass is 409 g/mol. The van der Waals surface area contributed by atoms with Crippen LogP contribution in [0, 0.1) is 0 Å². The van der Waals surface area contributed by atoms with E-state index >= 15 is 0 Å². The predicted octanol–water partition coefficient (Wildman–Crippen LogP) is 2.90. The first kappa shape index (κ1) is 20.9. The van der Waals surface area contributed by atoms with Crippen LogP contribution in [0.2, 0.25) is 0 Å². The van der Waals surface area contributed by atoms with E-state index in [4.69, 9.17) is 9.47 Å². The second kappa shape index (κ2) is 9.60. The summed E-state index contributed by atoms with van der Waals surface area (Å²) in [6.07, 6.45) is 0. The Morgan fingerprint density at radius 2 is 1.77 bits per heavy atom. The lowest BCUT2D eigenvalue weighted by Gasteiger charge is -2.29. The highest BCUT2D eigenvalue weighted by atomic mass is 16.5. The molecule has 0 radical (unpaired) electrons. The van der Waals surface area contributed by atoms with Crippen molar-refractivity contribution in [3.8, 4) is 5.75 Å². The van der Waals surface area contributed by atoms with Gasteiger partial charge in [0.1, 0.15) is 12.4 Å². The number of nitrogens with one attached hydrogen (secondary N) is 3. The molecule has 3 rings (SSSR count). The molecule has 0 saturated heterocycles. The summed E-state index contributed by atoms with van der Waals surface area (Å²) in [7, 11) is 0. The van der Waals surface area contributed by atoms with E-state index in [0.717, 1.165) is 5.56 Å². The number of urea groups is 1. The van der Waals surface area contributed by atoms with Crippen LogP contribution in [0.5, 0.6) is 5.75 Å². The summed E-state index contributed by atoms with van der Waals surface area (Å²) >= 11 is 0. The normalized spacial score (nSPS) is 15.7. The number of carbonyl (C=O) groups is 3. The van der Waals surface area contributed by atoms with Crippen molar-refractivity contribution in [2.24, 2.45) is 0 Å². The van der Waals surface area contributed by atoms with Gasteiger partial charge in [-0.3, -0.25) is 4.79 Å². The molecule has 2 aromatic rings. The molecule has 0 aliphatic carbocycles. The zero-order chi connectivity index (χ0) is 21.5. The molecule has 3 amide bonds. The van der Waals surface area contributed by atoms with E-state index in [-0.39, 0.29) is 24.7 Å². The van der Waals surface area contributed by atoms with Crippen LogP contribution in [0.25, 0.3) is 0 Å². The average molecular weight is 409 g/mol. The van der Waals surface area contributed by atoms with Gasteiger partial charge in [0.15, 0.2) is 0 Å². The van der Waals surface area contributed by atoms with E-state index in [2.05, 4.69) is 16.0 Å². The minimum atomic E-state index is -0.678. The second-order valence-corrected chi connectivity index (χ2v) is 6.52. The van der Waals surface area contributed by atoms with E-state index < -0.39 is 18.0 Å². The first-order valence-corrected chi connectivity index (χ1v) is 9.51. The molecule has 0 fully saturated rings. The number of hydrogen-bond acceptors (Lipinski definition) is 5.